The van der Waals surface area contributed by atoms with Crippen molar-refractivity contribution < 1.29 is 19.4 Å². The van der Waals surface area contributed by atoms with Crippen LogP contribution in [-0.4, -0.2) is 28.6 Å². The summed E-state index contributed by atoms with van der Waals surface area (Å²) in [6, 6.07) is 6.80. The van der Waals surface area contributed by atoms with Gasteiger partial charge in [-0.15, -0.1) is 11.3 Å². The predicted octanol–water partition coefficient (Wildman–Crippen LogP) is 3.05. The number of amides is 1. The molecule has 1 unspecified atom stereocenters. The van der Waals surface area contributed by atoms with Gasteiger partial charge in [0.25, 0.3) is 5.91 Å². The Morgan fingerprint density at radius 1 is 1.33 bits per heavy atom. The van der Waals surface area contributed by atoms with Gasteiger partial charge in [0, 0.05) is 0 Å². The van der Waals surface area contributed by atoms with Crippen LogP contribution >= 0.6 is 11.3 Å². The Hall–Kier alpha value is -2.41. The van der Waals surface area contributed by atoms with Gasteiger partial charge in [-0.3, -0.25) is 4.79 Å². The first-order valence-electron chi connectivity index (χ1n) is 7.69. The third kappa shape index (κ3) is 5.06. The van der Waals surface area contributed by atoms with Gasteiger partial charge >= 0.3 is 5.97 Å². The van der Waals surface area contributed by atoms with Gasteiger partial charge in [-0.25, -0.2) is 9.78 Å². The Balaban J connectivity index is 1.94. The number of aryl methyl sites for hydroxylation is 1. The van der Waals surface area contributed by atoms with E-state index in [1.165, 1.54) is 11.3 Å². The van der Waals surface area contributed by atoms with Crippen molar-refractivity contribution in [3.63, 3.8) is 0 Å². The van der Waals surface area contributed by atoms with E-state index in [4.69, 9.17) is 9.84 Å². The van der Waals surface area contributed by atoms with E-state index >= 15 is 0 Å². The van der Waals surface area contributed by atoms with Crippen LogP contribution in [0.15, 0.2) is 30.5 Å². The van der Waals surface area contributed by atoms with E-state index in [2.05, 4.69) is 17.2 Å². The highest BCUT2D eigenvalue weighted by Gasteiger charge is 2.14. The summed E-state index contributed by atoms with van der Waals surface area (Å²) in [5.74, 6) is -0.688. The van der Waals surface area contributed by atoms with Gasteiger partial charge in [-0.05, 0) is 37.5 Å². The number of thiazole rings is 1. The molecular formula is C17H20N2O4S. The van der Waals surface area contributed by atoms with E-state index in [0.717, 1.165) is 23.4 Å². The lowest BCUT2D eigenvalue weighted by Gasteiger charge is -2.14. The number of carboxylic acids is 1. The molecule has 0 aliphatic rings. The highest BCUT2D eigenvalue weighted by molar-refractivity contribution is 7.13. The summed E-state index contributed by atoms with van der Waals surface area (Å²) in [4.78, 5) is 27.6. The number of aliphatic carboxylic acids is 1. The van der Waals surface area contributed by atoms with Crippen LogP contribution in [0, 0.1) is 0 Å². The molecule has 0 fully saturated rings. The second-order valence-electron chi connectivity index (χ2n) is 5.31. The molecule has 0 bridgehead atoms. The summed E-state index contributed by atoms with van der Waals surface area (Å²) < 4.78 is 5.08. The van der Waals surface area contributed by atoms with E-state index in [-0.39, 0.29) is 18.6 Å². The van der Waals surface area contributed by atoms with Crippen molar-refractivity contribution in [2.45, 2.75) is 32.7 Å². The number of carboxylic acid groups (broad SMARTS) is 1. The number of benzene rings is 1. The molecule has 1 aromatic carbocycles. The largest absolute Gasteiger partial charge is 0.482 e. The van der Waals surface area contributed by atoms with Gasteiger partial charge in [0.05, 0.1) is 17.2 Å². The van der Waals surface area contributed by atoms with Gasteiger partial charge < -0.3 is 15.2 Å². The number of carbonyl (C=O) groups is 2. The number of hydrogen-bond donors (Lipinski definition) is 2. The van der Waals surface area contributed by atoms with Crippen LogP contribution in [-0.2, 0) is 11.2 Å². The second-order valence-corrected chi connectivity index (χ2v) is 6.43. The van der Waals surface area contributed by atoms with Crippen molar-refractivity contribution in [2.75, 3.05) is 6.61 Å². The maximum atomic E-state index is 12.3. The number of hydrogen-bond acceptors (Lipinski definition) is 5. The van der Waals surface area contributed by atoms with Gasteiger partial charge in [0.2, 0.25) is 0 Å². The number of aromatic nitrogens is 1. The lowest BCUT2D eigenvalue weighted by atomic mass is 10.1. The molecule has 2 rings (SSSR count). The molecule has 2 N–H and O–H groups in total. The van der Waals surface area contributed by atoms with Crippen molar-refractivity contribution in [1.82, 2.24) is 10.3 Å². The third-order valence-corrected chi connectivity index (χ3v) is 4.39. The molecule has 1 aromatic heterocycles. The van der Waals surface area contributed by atoms with Gasteiger partial charge in [0.15, 0.2) is 6.61 Å². The van der Waals surface area contributed by atoms with Gasteiger partial charge in [-0.2, -0.15) is 0 Å². The lowest BCUT2D eigenvalue weighted by molar-refractivity contribution is -0.139. The molecule has 0 aliphatic carbocycles. The van der Waals surface area contributed by atoms with E-state index in [0.29, 0.717) is 10.6 Å². The molecule has 0 spiro atoms. The first-order chi connectivity index (χ1) is 11.5. The number of nitrogens with zero attached hydrogens (tertiary/aromatic N) is 1. The fourth-order valence-corrected chi connectivity index (χ4v) is 3.02. The molecular weight excluding hydrogens is 328 g/mol. The Morgan fingerprint density at radius 2 is 2.04 bits per heavy atom. The second kappa shape index (κ2) is 8.44. The van der Waals surface area contributed by atoms with Gasteiger partial charge in [-0.1, -0.05) is 19.1 Å². The molecule has 1 amide bonds. The quantitative estimate of drug-likeness (QED) is 0.765. The molecule has 1 heterocycles. The molecule has 7 heteroatoms. The topological polar surface area (TPSA) is 88.5 Å². The summed E-state index contributed by atoms with van der Waals surface area (Å²) in [7, 11) is 0. The normalized spacial score (nSPS) is 11.8. The predicted molar refractivity (Wildman–Crippen MR) is 91.6 cm³/mol. The van der Waals surface area contributed by atoms with E-state index in [1.54, 1.807) is 30.5 Å². The van der Waals surface area contributed by atoms with Crippen molar-refractivity contribution in [3.05, 3.63) is 45.9 Å². The minimum Gasteiger partial charge on any atom is -0.482 e. The van der Waals surface area contributed by atoms with Crippen molar-refractivity contribution in [1.29, 1.82) is 0 Å². The van der Waals surface area contributed by atoms with Crippen LogP contribution in [0.3, 0.4) is 0 Å². The highest BCUT2D eigenvalue weighted by Crippen LogP contribution is 2.20. The average Bonchev–Trinajstić information content (AvgIpc) is 3.02. The number of rotatable bonds is 8. The summed E-state index contributed by atoms with van der Waals surface area (Å²) >= 11 is 1.42. The summed E-state index contributed by atoms with van der Waals surface area (Å²) in [5.41, 5.74) is 0.907. The Kier molecular flexibility index (Phi) is 6.31. The molecule has 0 saturated carbocycles. The number of ether oxygens (including phenoxy) is 1. The third-order valence-electron chi connectivity index (χ3n) is 3.33. The SMILES string of the molecule is CCCc1ncc(C(=O)NC(C)c2ccc(OCC(=O)O)cc2)s1. The monoisotopic (exact) mass is 348 g/mol. The smallest absolute Gasteiger partial charge is 0.341 e. The molecule has 24 heavy (non-hydrogen) atoms. The van der Waals surface area contributed by atoms with Crippen molar-refractivity contribution in [2.24, 2.45) is 0 Å². The highest BCUT2D eigenvalue weighted by atomic mass is 32.1. The van der Waals surface area contributed by atoms with E-state index in [9.17, 15) is 9.59 Å². The van der Waals surface area contributed by atoms with Crippen LogP contribution < -0.4 is 10.1 Å². The fourth-order valence-electron chi connectivity index (χ4n) is 2.09. The van der Waals surface area contributed by atoms with Crippen LogP contribution in [0.4, 0.5) is 0 Å². The maximum Gasteiger partial charge on any atom is 0.341 e. The zero-order valence-electron chi connectivity index (χ0n) is 13.6. The molecule has 128 valence electrons. The molecule has 0 saturated heterocycles. The van der Waals surface area contributed by atoms with Crippen LogP contribution in [0.25, 0.3) is 0 Å². The summed E-state index contributed by atoms with van der Waals surface area (Å²) in [6.07, 6.45) is 3.49. The first-order valence-corrected chi connectivity index (χ1v) is 8.51. The standard InChI is InChI=1S/C17H20N2O4S/c1-3-4-15-18-9-14(24-15)17(22)19-11(2)12-5-7-13(8-6-12)23-10-16(20)21/h5-9,11H,3-4,10H2,1-2H3,(H,19,22)(H,20,21). The minimum atomic E-state index is -1.02. The van der Waals surface area contributed by atoms with Crippen LogP contribution in [0.2, 0.25) is 0 Å². The summed E-state index contributed by atoms with van der Waals surface area (Å²) in [5, 5.41) is 12.5. The van der Waals surface area contributed by atoms with Crippen molar-refractivity contribution in [3.8, 4) is 5.75 Å². The van der Waals surface area contributed by atoms with Crippen LogP contribution in [0.1, 0.15) is 46.6 Å². The fraction of sp³-hybridized carbons (Fsp3) is 0.353. The Labute approximate surface area is 144 Å². The first kappa shape index (κ1) is 17.9. The molecule has 0 radical (unpaired) electrons. The lowest BCUT2D eigenvalue weighted by Crippen LogP contribution is -2.25. The average molecular weight is 348 g/mol. The summed E-state index contributed by atoms with van der Waals surface area (Å²) in [6.45, 7) is 3.59. The zero-order valence-corrected chi connectivity index (χ0v) is 14.4. The number of nitrogens with one attached hydrogen (secondary N) is 1. The van der Waals surface area contributed by atoms with E-state index < -0.39 is 5.97 Å². The van der Waals surface area contributed by atoms with Crippen molar-refractivity contribution >= 4 is 23.2 Å². The van der Waals surface area contributed by atoms with E-state index in [1.807, 2.05) is 6.92 Å². The van der Waals surface area contributed by atoms with Gasteiger partial charge in [0.1, 0.15) is 10.6 Å². The zero-order chi connectivity index (χ0) is 17.5. The Morgan fingerprint density at radius 3 is 2.67 bits per heavy atom. The molecule has 0 aliphatic heterocycles. The minimum absolute atomic E-state index is 0.145. The molecule has 2 aromatic rings. The molecule has 6 nitrogen and oxygen atoms in total. The van der Waals surface area contributed by atoms with Crippen LogP contribution in [0.5, 0.6) is 5.75 Å². The maximum absolute atomic E-state index is 12.3. The molecule has 1 atom stereocenters. The number of carbonyl (C=O) groups excluding carboxylic acids is 1. The Bertz CT molecular complexity index is 697.